The summed E-state index contributed by atoms with van der Waals surface area (Å²) in [6.07, 6.45) is 6.30. The maximum atomic E-state index is 13.6. The highest BCUT2D eigenvalue weighted by atomic mass is 16.1. The van der Waals surface area contributed by atoms with Crippen molar-refractivity contribution in [1.29, 1.82) is 0 Å². The van der Waals surface area contributed by atoms with Crippen molar-refractivity contribution in [2.75, 3.05) is 25.0 Å². The van der Waals surface area contributed by atoms with E-state index in [0.29, 0.717) is 12.1 Å². The van der Waals surface area contributed by atoms with E-state index in [1.807, 2.05) is 51.5 Å². The number of hydrogen-bond donors (Lipinski definition) is 1. The Labute approximate surface area is 218 Å². The number of nitrogens with one attached hydrogen (secondary N) is 1. The number of nitrogens with zero attached hydrogens (tertiary/aromatic N) is 5. The molecule has 2 unspecified atom stereocenters. The van der Waals surface area contributed by atoms with E-state index in [-0.39, 0.29) is 11.9 Å². The first kappa shape index (κ1) is 23.7. The minimum Gasteiger partial charge on any atom is -0.368 e. The van der Waals surface area contributed by atoms with Crippen molar-refractivity contribution in [3.05, 3.63) is 77.6 Å². The molecular formula is C30H34N6O. The maximum absolute atomic E-state index is 13.6. The number of aryl methyl sites for hydroxylation is 2. The summed E-state index contributed by atoms with van der Waals surface area (Å²) in [5, 5.41) is 8.63. The Morgan fingerprint density at radius 3 is 2.54 bits per heavy atom. The first-order valence-corrected chi connectivity index (χ1v) is 13.1. The van der Waals surface area contributed by atoms with Crippen LogP contribution in [0.15, 0.2) is 60.9 Å². The van der Waals surface area contributed by atoms with Crippen LogP contribution in [0.1, 0.15) is 47.3 Å². The predicted molar refractivity (Wildman–Crippen MR) is 148 cm³/mol. The molecule has 7 heteroatoms. The lowest BCUT2D eigenvalue weighted by molar-refractivity contribution is 0.0939. The molecule has 4 heterocycles. The van der Waals surface area contributed by atoms with Gasteiger partial charge in [0, 0.05) is 60.6 Å². The summed E-state index contributed by atoms with van der Waals surface area (Å²) < 4.78 is 1.78. The van der Waals surface area contributed by atoms with Crippen molar-refractivity contribution in [3.8, 4) is 11.3 Å². The molecule has 7 nitrogen and oxygen atoms in total. The maximum Gasteiger partial charge on any atom is 0.252 e. The number of carbonyl (C=O) groups is 1. The van der Waals surface area contributed by atoms with Crippen molar-refractivity contribution in [1.82, 2.24) is 25.0 Å². The summed E-state index contributed by atoms with van der Waals surface area (Å²) in [5.74, 6) is -0.0484. The van der Waals surface area contributed by atoms with Crippen molar-refractivity contribution in [3.63, 3.8) is 0 Å². The molecule has 2 saturated heterocycles. The Kier molecular flexibility index (Phi) is 5.95. The smallest absolute Gasteiger partial charge is 0.252 e. The normalized spacial score (nSPS) is 20.4. The van der Waals surface area contributed by atoms with E-state index in [0.717, 1.165) is 57.6 Å². The molecule has 2 fully saturated rings. The molecule has 2 aromatic carbocycles. The van der Waals surface area contributed by atoms with E-state index in [2.05, 4.69) is 57.6 Å². The number of pyridine rings is 1. The lowest BCUT2D eigenvalue weighted by atomic mass is 9.99. The van der Waals surface area contributed by atoms with Gasteiger partial charge in [-0.2, -0.15) is 5.10 Å². The second-order valence-corrected chi connectivity index (χ2v) is 10.7. The van der Waals surface area contributed by atoms with E-state index in [9.17, 15) is 4.79 Å². The van der Waals surface area contributed by atoms with Crippen LogP contribution >= 0.6 is 0 Å². The molecule has 190 valence electrons. The number of piperazine rings is 1. The van der Waals surface area contributed by atoms with Gasteiger partial charge in [0.1, 0.15) is 0 Å². The number of amides is 1. The molecule has 2 bridgehead atoms. The van der Waals surface area contributed by atoms with Crippen LogP contribution in [0.2, 0.25) is 0 Å². The molecule has 3 atom stereocenters. The van der Waals surface area contributed by atoms with Gasteiger partial charge in [0.2, 0.25) is 0 Å². The first-order chi connectivity index (χ1) is 17.9. The third-order valence-corrected chi connectivity index (χ3v) is 8.24. The molecule has 1 amide bonds. The molecule has 0 radical (unpaired) electrons. The number of fused-ring (bicyclic) bond motifs is 3. The number of benzene rings is 2. The van der Waals surface area contributed by atoms with Crippen molar-refractivity contribution in [2.24, 2.45) is 7.05 Å². The Bertz CT molecular complexity index is 1460. The van der Waals surface area contributed by atoms with Crippen molar-refractivity contribution < 1.29 is 4.79 Å². The Morgan fingerprint density at radius 1 is 1.05 bits per heavy atom. The number of hydrogen-bond acceptors (Lipinski definition) is 5. The van der Waals surface area contributed by atoms with E-state index in [1.54, 1.807) is 4.68 Å². The molecule has 6 rings (SSSR count). The molecule has 0 aliphatic carbocycles. The number of anilines is 1. The highest BCUT2D eigenvalue weighted by Crippen LogP contribution is 2.33. The van der Waals surface area contributed by atoms with Gasteiger partial charge in [0.05, 0.1) is 23.4 Å². The van der Waals surface area contributed by atoms with Crippen LogP contribution in [0, 0.1) is 6.92 Å². The Balaban J connectivity index is 1.28. The molecule has 4 aromatic rings. The van der Waals surface area contributed by atoms with Crippen LogP contribution in [-0.2, 0) is 7.05 Å². The molecule has 0 spiro atoms. The second kappa shape index (κ2) is 9.30. The summed E-state index contributed by atoms with van der Waals surface area (Å²) >= 11 is 0. The fourth-order valence-corrected chi connectivity index (χ4v) is 5.99. The lowest BCUT2D eigenvalue weighted by Crippen LogP contribution is -2.52. The van der Waals surface area contributed by atoms with Crippen LogP contribution in [0.4, 0.5) is 5.69 Å². The zero-order chi connectivity index (χ0) is 25.7. The molecule has 2 aromatic heterocycles. The molecule has 1 N–H and O–H groups in total. The molecule has 2 aliphatic rings. The number of aromatic nitrogens is 3. The van der Waals surface area contributed by atoms with Gasteiger partial charge in [-0.05, 0) is 69.1 Å². The molecule has 2 aliphatic heterocycles. The Morgan fingerprint density at radius 2 is 1.81 bits per heavy atom. The molecule has 0 saturated carbocycles. The van der Waals surface area contributed by atoms with E-state index < -0.39 is 0 Å². The average Bonchev–Trinajstić information content (AvgIpc) is 3.40. The summed E-state index contributed by atoms with van der Waals surface area (Å²) in [5.41, 5.74) is 6.62. The monoisotopic (exact) mass is 494 g/mol. The quantitative estimate of drug-likeness (QED) is 0.435. The van der Waals surface area contributed by atoms with Crippen molar-refractivity contribution >= 4 is 22.5 Å². The van der Waals surface area contributed by atoms with Crippen molar-refractivity contribution in [2.45, 2.75) is 44.8 Å². The topological polar surface area (TPSA) is 66.3 Å². The number of carbonyl (C=O) groups excluding carboxylic acids is 1. The first-order valence-electron chi connectivity index (χ1n) is 13.1. The van der Waals surface area contributed by atoms with Crippen LogP contribution in [0.5, 0.6) is 0 Å². The number of para-hydroxylation sites is 1. The summed E-state index contributed by atoms with van der Waals surface area (Å²) in [6, 6.07) is 17.5. The summed E-state index contributed by atoms with van der Waals surface area (Å²) in [7, 11) is 4.15. The molecular weight excluding hydrogens is 460 g/mol. The minimum atomic E-state index is -0.196. The third-order valence-electron chi connectivity index (χ3n) is 8.24. The zero-order valence-corrected chi connectivity index (χ0v) is 22.0. The van der Waals surface area contributed by atoms with Crippen LogP contribution in [0.25, 0.3) is 22.2 Å². The average molecular weight is 495 g/mol. The van der Waals surface area contributed by atoms with E-state index in [4.69, 9.17) is 4.98 Å². The van der Waals surface area contributed by atoms with Gasteiger partial charge < -0.3 is 10.2 Å². The minimum absolute atomic E-state index is 0.0484. The van der Waals surface area contributed by atoms with Gasteiger partial charge >= 0.3 is 0 Å². The third kappa shape index (κ3) is 4.37. The largest absolute Gasteiger partial charge is 0.368 e. The van der Waals surface area contributed by atoms with Gasteiger partial charge in [-0.25, -0.2) is 4.98 Å². The summed E-state index contributed by atoms with van der Waals surface area (Å²) in [4.78, 5) is 23.5. The van der Waals surface area contributed by atoms with E-state index in [1.165, 1.54) is 12.8 Å². The van der Waals surface area contributed by atoms with Gasteiger partial charge in [-0.1, -0.05) is 24.3 Å². The predicted octanol–water partition coefficient (Wildman–Crippen LogP) is 4.72. The second-order valence-electron chi connectivity index (χ2n) is 10.7. The lowest BCUT2D eigenvalue weighted by Gasteiger charge is -2.40. The highest BCUT2D eigenvalue weighted by molar-refractivity contribution is 5.97. The van der Waals surface area contributed by atoms with E-state index >= 15 is 0 Å². The van der Waals surface area contributed by atoms with Gasteiger partial charge in [-0.15, -0.1) is 0 Å². The Hall–Kier alpha value is -3.71. The fourth-order valence-electron chi connectivity index (χ4n) is 5.99. The van der Waals surface area contributed by atoms with Gasteiger partial charge in [0.15, 0.2) is 0 Å². The fraction of sp³-hybridized carbons (Fsp3) is 0.367. The van der Waals surface area contributed by atoms with Gasteiger partial charge in [0.25, 0.3) is 5.91 Å². The van der Waals surface area contributed by atoms with Gasteiger partial charge in [-0.3, -0.25) is 14.4 Å². The summed E-state index contributed by atoms with van der Waals surface area (Å²) in [6.45, 7) is 6.10. The number of rotatable bonds is 5. The highest BCUT2D eigenvalue weighted by Gasteiger charge is 2.37. The van der Waals surface area contributed by atoms with Crippen LogP contribution in [0.3, 0.4) is 0 Å². The van der Waals surface area contributed by atoms with Crippen LogP contribution in [-0.4, -0.2) is 57.8 Å². The molecule has 37 heavy (non-hydrogen) atoms. The number of likely N-dealkylation sites (N-methyl/N-ethyl adjacent to an activating group) is 1. The SMILES string of the molecule is Cc1ccc(N2CC3CCC(C2)N3C)cc1C(=O)N[C@H](C)c1cc(-c2cnn(C)c2)nc2ccccc12. The van der Waals surface area contributed by atoms with Crippen LogP contribution < -0.4 is 10.2 Å². The standard InChI is InChI=1S/C30H34N6O/c1-19-9-10-22(36-17-23-11-12-24(18-36)35(23)4)13-26(19)30(37)32-20(2)27-14-29(21-15-31-34(3)16-21)33-28-8-6-5-7-25(27)28/h5-10,13-16,20,23-24H,11-12,17-18H2,1-4H3,(H,32,37)/t20-,23?,24?/m1/s1. The zero-order valence-electron chi connectivity index (χ0n) is 22.0.